The van der Waals surface area contributed by atoms with Crippen molar-refractivity contribution in [2.75, 3.05) is 0 Å². The number of carboxylic acid groups (broad SMARTS) is 1. The molecule has 4 bridgehead atoms. The topological polar surface area (TPSA) is 105 Å². The number of fused-ring (bicyclic) bond motifs is 1. The van der Waals surface area contributed by atoms with Crippen LogP contribution in [0.4, 0.5) is 13.2 Å². The zero-order chi connectivity index (χ0) is 28.3. The molecule has 40 heavy (non-hydrogen) atoms. The van der Waals surface area contributed by atoms with Crippen LogP contribution < -0.4 is 14.8 Å². The van der Waals surface area contributed by atoms with E-state index in [2.05, 4.69) is 10.1 Å². The van der Waals surface area contributed by atoms with Crippen molar-refractivity contribution in [2.45, 2.75) is 63.1 Å². The molecule has 7 rings (SSSR count). The van der Waals surface area contributed by atoms with Gasteiger partial charge in [0.15, 0.2) is 0 Å². The molecule has 5 atom stereocenters. The van der Waals surface area contributed by atoms with Gasteiger partial charge < -0.3 is 25.0 Å². The third kappa shape index (κ3) is 5.12. The molecule has 1 amide bonds. The molecule has 3 unspecified atom stereocenters. The van der Waals surface area contributed by atoms with Gasteiger partial charge in [0.05, 0.1) is 11.2 Å². The summed E-state index contributed by atoms with van der Waals surface area (Å²) >= 11 is 1.45. The number of rotatable bonds is 8. The Hall–Kier alpha value is -3.31. The van der Waals surface area contributed by atoms with Gasteiger partial charge in [-0.05, 0) is 91.6 Å². The number of thiophene rings is 1. The van der Waals surface area contributed by atoms with E-state index in [0.29, 0.717) is 43.1 Å². The second kappa shape index (κ2) is 9.66. The third-order valence-electron chi connectivity index (χ3n) is 8.58. The van der Waals surface area contributed by atoms with Crippen LogP contribution >= 0.6 is 11.3 Å². The van der Waals surface area contributed by atoms with Crippen molar-refractivity contribution < 1.29 is 42.4 Å². The summed E-state index contributed by atoms with van der Waals surface area (Å²) in [4.78, 5) is 26.2. The summed E-state index contributed by atoms with van der Waals surface area (Å²) in [5, 5.41) is 26.7. The van der Waals surface area contributed by atoms with E-state index < -0.39 is 35.3 Å². The molecule has 7 nitrogen and oxygen atoms in total. The van der Waals surface area contributed by atoms with Crippen molar-refractivity contribution in [1.29, 1.82) is 0 Å². The summed E-state index contributed by atoms with van der Waals surface area (Å²) in [5.41, 5.74) is -0.878. The lowest BCUT2D eigenvalue weighted by Gasteiger charge is -2.61. The van der Waals surface area contributed by atoms with Gasteiger partial charge in [0.1, 0.15) is 24.1 Å². The quantitative estimate of drug-likeness (QED) is 0.309. The highest BCUT2D eigenvalue weighted by atomic mass is 32.1. The highest BCUT2D eigenvalue weighted by Gasteiger charge is 2.61. The van der Waals surface area contributed by atoms with Gasteiger partial charge in [0.25, 0.3) is 5.91 Å². The van der Waals surface area contributed by atoms with E-state index in [1.54, 1.807) is 18.2 Å². The maximum absolute atomic E-state index is 13.7. The molecule has 0 radical (unpaired) electrons. The van der Waals surface area contributed by atoms with Crippen molar-refractivity contribution in [3.8, 4) is 11.5 Å². The normalized spacial score (nSPS) is 27.9. The Morgan fingerprint density at radius 3 is 2.38 bits per heavy atom. The number of nitrogens with one attached hydrogen (secondary N) is 1. The monoisotopic (exact) mass is 575 g/mol. The number of alkyl halides is 3. The van der Waals surface area contributed by atoms with E-state index in [4.69, 9.17) is 4.74 Å². The summed E-state index contributed by atoms with van der Waals surface area (Å²) in [6, 6.07) is 9.24. The Balaban J connectivity index is 1.25. The molecule has 1 aromatic heterocycles. The zero-order valence-corrected chi connectivity index (χ0v) is 22.2. The van der Waals surface area contributed by atoms with Crippen LogP contribution in [-0.2, 0) is 11.4 Å². The summed E-state index contributed by atoms with van der Waals surface area (Å²) < 4.78 is 48.3. The lowest BCUT2D eigenvalue weighted by atomic mass is 9.46. The number of carbonyl (C=O) groups excluding carboxylic acids is 1. The Morgan fingerprint density at radius 2 is 1.75 bits per heavy atom. The van der Waals surface area contributed by atoms with E-state index in [0.717, 1.165) is 11.1 Å². The van der Waals surface area contributed by atoms with Crippen molar-refractivity contribution in [3.63, 3.8) is 0 Å². The van der Waals surface area contributed by atoms with Crippen LogP contribution in [-0.4, -0.2) is 40.1 Å². The van der Waals surface area contributed by atoms with Gasteiger partial charge in [0.2, 0.25) is 0 Å². The number of amides is 1. The van der Waals surface area contributed by atoms with Gasteiger partial charge in [-0.1, -0.05) is 12.1 Å². The van der Waals surface area contributed by atoms with Gasteiger partial charge in [-0.25, -0.2) is 4.79 Å². The van der Waals surface area contributed by atoms with E-state index in [9.17, 15) is 33.0 Å². The first-order chi connectivity index (χ1) is 18.9. The average molecular weight is 576 g/mol. The Morgan fingerprint density at radius 1 is 1.05 bits per heavy atom. The number of ether oxygens (including phenoxy) is 2. The van der Waals surface area contributed by atoms with Crippen molar-refractivity contribution in [1.82, 2.24) is 5.32 Å². The lowest BCUT2D eigenvalue weighted by molar-refractivity contribution is -0.274. The highest BCUT2D eigenvalue weighted by molar-refractivity contribution is 7.17. The number of aliphatic hydroxyl groups is 1. The van der Waals surface area contributed by atoms with Crippen LogP contribution in [0.25, 0.3) is 10.1 Å². The SMILES string of the molecule is O=C(N[C@H](C(=O)O)C12CC3C[C@@H](CC(O)(C3)C1)C2)c1ccc2sccc2c1OCc1ccc(OC(F)(F)F)cc1. The third-order valence-corrected chi connectivity index (χ3v) is 9.46. The second-order valence-electron chi connectivity index (χ2n) is 11.5. The molecule has 1 heterocycles. The standard InChI is InChI=1S/C29H28F3NO6S/c30-29(31,32)39-19-3-1-16(2-4-19)14-38-23-20-7-8-40-22(20)6-5-21(23)25(34)33-24(26(35)36)27-10-17-9-18(11-27)13-28(37,12-17)15-27/h1-8,17-18,24,37H,9-15H2,(H,33,34)(H,35,36)/t17-,18?,24-,27?,28?/m1/s1. The van der Waals surface area contributed by atoms with Gasteiger partial charge in [-0.2, -0.15) is 0 Å². The molecule has 3 aromatic rings. The summed E-state index contributed by atoms with van der Waals surface area (Å²) in [5.74, 6) is -1.31. The first kappa shape index (κ1) is 26.9. The molecular weight excluding hydrogens is 547 g/mol. The fourth-order valence-electron chi connectivity index (χ4n) is 7.60. The number of halogens is 3. The van der Waals surface area contributed by atoms with E-state index in [-0.39, 0.29) is 35.5 Å². The number of carboxylic acids is 1. The summed E-state index contributed by atoms with van der Waals surface area (Å²) in [7, 11) is 0. The van der Waals surface area contributed by atoms with E-state index in [1.807, 2.05) is 5.38 Å². The molecule has 212 valence electrons. The van der Waals surface area contributed by atoms with Gasteiger partial charge in [-0.3, -0.25) is 4.79 Å². The minimum Gasteiger partial charge on any atom is -0.487 e. The Bertz CT molecular complexity index is 1440. The second-order valence-corrected chi connectivity index (χ2v) is 12.5. The fourth-order valence-corrected chi connectivity index (χ4v) is 8.39. The van der Waals surface area contributed by atoms with Crippen molar-refractivity contribution in [3.05, 3.63) is 59.0 Å². The zero-order valence-electron chi connectivity index (χ0n) is 21.4. The molecular formula is C29H28F3NO6S. The molecule has 0 saturated heterocycles. The fraction of sp³-hybridized carbons (Fsp3) is 0.448. The van der Waals surface area contributed by atoms with Crippen LogP contribution in [0.2, 0.25) is 0 Å². The molecule has 0 aliphatic heterocycles. The minimum absolute atomic E-state index is 0.0375. The summed E-state index contributed by atoms with van der Waals surface area (Å²) in [6.07, 6.45) is -0.778. The minimum atomic E-state index is -4.80. The molecule has 4 aliphatic carbocycles. The predicted octanol–water partition coefficient (Wildman–Crippen LogP) is 5.89. The van der Waals surface area contributed by atoms with E-state index in [1.165, 1.54) is 35.6 Å². The molecule has 3 N–H and O–H groups in total. The van der Waals surface area contributed by atoms with Crippen molar-refractivity contribution in [2.24, 2.45) is 17.3 Å². The largest absolute Gasteiger partial charge is 0.573 e. The van der Waals surface area contributed by atoms with Crippen LogP contribution in [0.1, 0.15) is 54.4 Å². The van der Waals surface area contributed by atoms with Crippen molar-refractivity contribution >= 4 is 33.3 Å². The number of benzene rings is 2. The molecule has 4 saturated carbocycles. The molecule has 4 aliphatic rings. The molecule has 4 fully saturated rings. The van der Waals surface area contributed by atoms with E-state index >= 15 is 0 Å². The predicted molar refractivity (Wildman–Crippen MR) is 140 cm³/mol. The number of hydrogen-bond donors (Lipinski definition) is 3. The summed E-state index contributed by atoms with van der Waals surface area (Å²) in [6.45, 7) is -0.0375. The number of hydrogen-bond acceptors (Lipinski definition) is 6. The van der Waals surface area contributed by atoms with Crippen LogP contribution in [0.15, 0.2) is 47.8 Å². The number of aliphatic carboxylic acids is 1. The van der Waals surface area contributed by atoms with Crippen LogP contribution in [0, 0.1) is 17.3 Å². The first-order valence-corrected chi connectivity index (χ1v) is 14.0. The molecule has 11 heteroatoms. The maximum atomic E-state index is 13.7. The first-order valence-electron chi connectivity index (χ1n) is 13.2. The Kier molecular flexibility index (Phi) is 6.49. The van der Waals surface area contributed by atoms with Crippen LogP contribution in [0.3, 0.4) is 0 Å². The maximum Gasteiger partial charge on any atom is 0.573 e. The molecule has 2 aromatic carbocycles. The van der Waals surface area contributed by atoms with Gasteiger partial charge >= 0.3 is 12.3 Å². The van der Waals surface area contributed by atoms with Gasteiger partial charge in [-0.15, -0.1) is 24.5 Å². The van der Waals surface area contributed by atoms with Gasteiger partial charge in [0, 0.05) is 15.5 Å². The smallest absolute Gasteiger partial charge is 0.487 e. The van der Waals surface area contributed by atoms with Crippen LogP contribution in [0.5, 0.6) is 11.5 Å². The Labute approximate surface area is 231 Å². The number of carbonyl (C=O) groups is 2. The highest BCUT2D eigenvalue weighted by Crippen LogP contribution is 2.62. The average Bonchev–Trinajstić information content (AvgIpc) is 3.33. The molecule has 0 spiro atoms. The lowest BCUT2D eigenvalue weighted by Crippen LogP contribution is -2.64.